The van der Waals surface area contributed by atoms with Crippen LogP contribution in [0.3, 0.4) is 0 Å². The van der Waals surface area contributed by atoms with Crippen LogP contribution in [-0.4, -0.2) is 40.4 Å². The van der Waals surface area contributed by atoms with Crippen molar-refractivity contribution in [1.29, 1.82) is 0 Å². The van der Waals surface area contributed by atoms with E-state index < -0.39 is 16.0 Å². The van der Waals surface area contributed by atoms with Gasteiger partial charge in [-0.2, -0.15) is 4.31 Å². The zero-order valence-electron chi connectivity index (χ0n) is 11.6. The summed E-state index contributed by atoms with van der Waals surface area (Å²) in [6.07, 6.45) is 2.87. The van der Waals surface area contributed by atoms with Crippen LogP contribution in [-0.2, 0) is 23.6 Å². The first-order valence-electron chi connectivity index (χ1n) is 6.08. The van der Waals surface area contributed by atoms with Crippen molar-refractivity contribution in [2.75, 3.05) is 7.05 Å². The van der Waals surface area contributed by atoms with Gasteiger partial charge in [-0.25, -0.2) is 13.2 Å². The van der Waals surface area contributed by atoms with E-state index in [4.69, 9.17) is 5.11 Å². The number of nitrogens with zero attached hydrogens (tertiary/aromatic N) is 3. The first-order valence-corrected chi connectivity index (χ1v) is 7.52. The van der Waals surface area contributed by atoms with Gasteiger partial charge in [-0.3, -0.25) is 4.98 Å². The molecule has 8 heteroatoms. The number of rotatable bonds is 5. The Bertz CT molecular complexity index is 753. The predicted octanol–water partition coefficient (Wildman–Crippen LogP) is 0.939. The molecule has 0 aliphatic carbocycles. The fraction of sp³-hybridized carbons (Fsp3) is 0.231. The van der Waals surface area contributed by atoms with Crippen molar-refractivity contribution < 1.29 is 18.3 Å². The summed E-state index contributed by atoms with van der Waals surface area (Å²) in [5.41, 5.74) is 0.526. The molecule has 0 bridgehead atoms. The van der Waals surface area contributed by atoms with Gasteiger partial charge in [-0.1, -0.05) is 6.07 Å². The molecular weight excluding hydrogens is 294 g/mol. The van der Waals surface area contributed by atoms with Gasteiger partial charge in [0.1, 0.15) is 10.6 Å². The quantitative estimate of drug-likeness (QED) is 0.887. The summed E-state index contributed by atoms with van der Waals surface area (Å²) in [7, 11) is -0.848. The largest absolute Gasteiger partial charge is 0.477 e. The molecule has 0 aliphatic rings. The minimum Gasteiger partial charge on any atom is -0.477 e. The molecule has 0 aromatic carbocycles. The maximum absolute atomic E-state index is 12.4. The average molecular weight is 309 g/mol. The summed E-state index contributed by atoms with van der Waals surface area (Å²) in [6.45, 7) is 0.112. The lowest BCUT2D eigenvalue weighted by atomic mass is 10.3. The van der Waals surface area contributed by atoms with E-state index in [1.807, 2.05) is 0 Å². The Morgan fingerprint density at radius 3 is 2.67 bits per heavy atom. The highest BCUT2D eigenvalue weighted by Gasteiger charge is 2.25. The van der Waals surface area contributed by atoms with E-state index in [-0.39, 0.29) is 17.1 Å². The molecular formula is C13H15N3O4S. The average Bonchev–Trinajstić information content (AvgIpc) is 2.82. The molecule has 2 rings (SSSR count). The number of aromatic carboxylic acids is 1. The summed E-state index contributed by atoms with van der Waals surface area (Å²) >= 11 is 0. The Morgan fingerprint density at radius 1 is 1.43 bits per heavy atom. The molecule has 2 aromatic heterocycles. The number of carbonyl (C=O) groups is 1. The van der Waals surface area contributed by atoms with Crippen LogP contribution in [0.15, 0.2) is 41.6 Å². The fourth-order valence-corrected chi connectivity index (χ4v) is 3.09. The van der Waals surface area contributed by atoms with Crippen LogP contribution in [0, 0.1) is 0 Å². The minimum atomic E-state index is -3.76. The number of carboxylic acids is 1. The Morgan fingerprint density at radius 2 is 2.14 bits per heavy atom. The number of carboxylic acid groups (broad SMARTS) is 1. The third kappa shape index (κ3) is 3.11. The fourth-order valence-electron chi connectivity index (χ4n) is 1.87. The first kappa shape index (κ1) is 15.2. The van der Waals surface area contributed by atoms with Crippen molar-refractivity contribution in [3.05, 3.63) is 48.0 Å². The molecule has 1 N–H and O–H groups in total. The smallest absolute Gasteiger partial charge is 0.352 e. The van der Waals surface area contributed by atoms with Gasteiger partial charge in [0, 0.05) is 26.5 Å². The van der Waals surface area contributed by atoms with Crippen LogP contribution < -0.4 is 0 Å². The summed E-state index contributed by atoms with van der Waals surface area (Å²) in [6, 6.07) is 6.38. The normalized spacial score (nSPS) is 11.8. The molecule has 0 radical (unpaired) electrons. The minimum absolute atomic E-state index is 0.0548. The molecule has 112 valence electrons. The van der Waals surface area contributed by atoms with Gasteiger partial charge >= 0.3 is 5.97 Å². The number of aryl methyl sites for hydroxylation is 1. The molecule has 0 aliphatic heterocycles. The predicted molar refractivity (Wildman–Crippen MR) is 75.3 cm³/mol. The van der Waals surface area contributed by atoms with Gasteiger partial charge in [0.2, 0.25) is 10.0 Å². The topological polar surface area (TPSA) is 92.5 Å². The van der Waals surface area contributed by atoms with E-state index in [0.717, 1.165) is 10.4 Å². The van der Waals surface area contributed by atoms with E-state index in [1.54, 1.807) is 24.4 Å². The summed E-state index contributed by atoms with van der Waals surface area (Å²) < 4.78 is 27.2. The molecule has 21 heavy (non-hydrogen) atoms. The third-order valence-corrected chi connectivity index (χ3v) is 4.79. The molecule has 2 heterocycles. The Labute approximate surface area is 122 Å². The summed E-state index contributed by atoms with van der Waals surface area (Å²) in [5.74, 6) is -1.17. The van der Waals surface area contributed by atoms with Crippen LogP contribution in [0.5, 0.6) is 0 Å². The van der Waals surface area contributed by atoms with Crippen molar-refractivity contribution in [2.45, 2.75) is 11.4 Å². The third-order valence-electron chi connectivity index (χ3n) is 3.02. The lowest BCUT2D eigenvalue weighted by molar-refractivity contribution is 0.0686. The van der Waals surface area contributed by atoms with Crippen LogP contribution in [0.25, 0.3) is 0 Å². The van der Waals surface area contributed by atoms with E-state index in [0.29, 0.717) is 5.69 Å². The van der Waals surface area contributed by atoms with Crippen LogP contribution in [0.1, 0.15) is 16.2 Å². The van der Waals surface area contributed by atoms with Gasteiger partial charge in [0.25, 0.3) is 0 Å². The monoisotopic (exact) mass is 309 g/mol. The number of pyridine rings is 1. The van der Waals surface area contributed by atoms with Crippen molar-refractivity contribution in [3.8, 4) is 0 Å². The van der Waals surface area contributed by atoms with E-state index in [1.165, 1.54) is 24.9 Å². The number of hydrogen-bond donors (Lipinski definition) is 1. The van der Waals surface area contributed by atoms with Crippen molar-refractivity contribution in [1.82, 2.24) is 13.9 Å². The molecule has 0 unspecified atom stereocenters. The zero-order valence-corrected chi connectivity index (χ0v) is 12.4. The number of sulfonamides is 1. The Kier molecular flexibility index (Phi) is 4.10. The Hall–Kier alpha value is -2.19. The standard InChI is InChI=1S/C13H15N3O4S/c1-15-9-11(7-12(15)13(17)18)21(19,20)16(2)8-10-5-3-4-6-14-10/h3-7,9H,8H2,1-2H3,(H,17,18). The van der Waals surface area contributed by atoms with Crippen LogP contribution in [0.2, 0.25) is 0 Å². The van der Waals surface area contributed by atoms with Crippen molar-refractivity contribution in [2.24, 2.45) is 7.05 Å². The SMILES string of the molecule is CN(Cc1ccccn1)S(=O)(=O)c1cc(C(=O)O)n(C)c1. The molecule has 0 saturated carbocycles. The van der Waals surface area contributed by atoms with Crippen LogP contribution >= 0.6 is 0 Å². The summed E-state index contributed by atoms with van der Waals surface area (Å²) in [4.78, 5) is 15.0. The van der Waals surface area contributed by atoms with E-state index in [2.05, 4.69) is 4.98 Å². The van der Waals surface area contributed by atoms with Gasteiger partial charge in [-0.15, -0.1) is 0 Å². The van der Waals surface area contributed by atoms with Gasteiger partial charge in [0.15, 0.2) is 0 Å². The Balaban J connectivity index is 2.29. The second-order valence-electron chi connectivity index (χ2n) is 4.56. The molecule has 0 amide bonds. The van der Waals surface area contributed by atoms with Crippen LogP contribution in [0.4, 0.5) is 0 Å². The molecule has 0 saturated heterocycles. The highest BCUT2D eigenvalue weighted by atomic mass is 32.2. The summed E-state index contributed by atoms with van der Waals surface area (Å²) in [5, 5.41) is 8.98. The van der Waals surface area contributed by atoms with Gasteiger partial charge < -0.3 is 9.67 Å². The lowest BCUT2D eigenvalue weighted by Crippen LogP contribution is -2.26. The number of aromatic nitrogens is 2. The zero-order chi connectivity index (χ0) is 15.6. The molecule has 0 spiro atoms. The van der Waals surface area contributed by atoms with Gasteiger partial charge in [0.05, 0.1) is 12.2 Å². The number of hydrogen-bond acceptors (Lipinski definition) is 4. The van der Waals surface area contributed by atoms with Gasteiger partial charge in [-0.05, 0) is 18.2 Å². The van der Waals surface area contributed by atoms with E-state index in [9.17, 15) is 13.2 Å². The molecule has 0 atom stereocenters. The first-order chi connectivity index (χ1) is 9.82. The molecule has 0 fully saturated rings. The molecule has 7 nitrogen and oxygen atoms in total. The molecule has 2 aromatic rings. The van der Waals surface area contributed by atoms with E-state index >= 15 is 0 Å². The highest BCUT2D eigenvalue weighted by Crippen LogP contribution is 2.18. The van der Waals surface area contributed by atoms with Crippen molar-refractivity contribution >= 4 is 16.0 Å². The maximum Gasteiger partial charge on any atom is 0.352 e. The second kappa shape index (κ2) is 5.66. The highest BCUT2D eigenvalue weighted by molar-refractivity contribution is 7.89. The lowest BCUT2D eigenvalue weighted by Gasteiger charge is -2.15. The second-order valence-corrected chi connectivity index (χ2v) is 6.60. The maximum atomic E-state index is 12.4. The van der Waals surface area contributed by atoms with Crippen molar-refractivity contribution in [3.63, 3.8) is 0 Å².